The molecule has 2 heterocycles. The molecule has 0 saturated carbocycles. The summed E-state index contributed by atoms with van der Waals surface area (Å²) < 4.78 is 22.9. The fourth-order valence-corrected chi connectivity index (χ4v) is 4.73. The maximum Gasteiger partial charge on any atom is 0.151 e. The predicted molar refractivity (Wildman–Crippen MR) is 68.2 cm³/mol. The smallest absolute Gasteiger partial charge is 0.151 e. The Kier molecular flexibility index (Phi) is 3.51. The summed E-state index contributed by atoms with van der Waals surface area (Å²) in [7, 11) is -2.82. The summed E-state index contributed by atoms with van der Waals surface area (Å²) in [6.45, 7) is 0.933. The van der Waals surface area contributed by atoms with E-state index in [1.54, 1.807) is 0 Å². The van der Waals surface area contributed by atoms with Crippen LogP contribution in [0.1, 0.15) is 25.7 Å². The molecule has 2 rings (SSSR count). The second-order valence-corrected chi connectivity index (χ2v) is 7.41. The normalized spacial score (nSPS) is 35.0. The van der Waals surface area contributed by atoms with Crippen molar-refractivity contribution in [1.82, 2.24) is 4.90 Å². The lowest BCUT2D eigenvalue weighted by molar-refractivity contribution is 0.145. The van der Waals surface area contributed by atoms with Gasteiger partial charge < -0.3 is 5.73 Å². The second-order valence-electron chi connectivity index (χ2n) is 4.71. The van der Waals surface area contributed by atoms with Gasteiger partial charge in [-0.05, 0) is 25.8 Å². The van der Waals surface area contributed by atoms with Crippen LogP contribution < -0.4 is 5.73 Å². The van der Waals surface area contributed by atoms with Crippen molar-refractivity contribution in [2.75, 3.05) is 18.1 Å². The molecule has 2 saturated heterocycles. The molecule has 0 aromatic rings. The topological polar surface area (TPSA) is 63.4 Å². The standard InChI is InChI=1S/C10H18N2O2S2/c11-10(15)9-3-1-2-5-12(9)8-4-6-16(13,14)7-8/h8-9H,1-7H2,(H2,11,15). The summed E-state index contributed by atoms with van der Waals surface area (Å²) in [5.41, 5.74) is 5.73. The van der Waals surface area contributed by atoms with E-state index in [0.29, 0.717) is 10.7 Å². The summed E-state index contributed by atoms with van der Waals surface area (Å²) >= 11 is 5.07. The van der Waals surface area contributed by atoms with Crippen LogP contribution in [0.3, 0.4) is 0 Å². The van der Waals surface area contributed by atoms with Gasteiger partial charge in [0.05, 0.1) is 22.5 Å². The van der Waals surface area contributed by atoms with Crippen LogP contribution in [-0.2, 0) is 9.84 Å². The third-order valence-corrected chi connectivity index (χ3v) is 5.57. The zero-order chi connectivity index (χ0) is 11.8. The number of hydrogen-bond acceptors (Lipinski definition) is 4. The number of likely N-dealkylation sites (tertiary alicyclic amines) is 1. The van der Waals surface area contributed by atoms with Gasteiger partial charge in [0.1, 0.15) is 0 Å². The molecule has 0 spiro atoms. The maximum absolute atomic E-state index is 11.5. The predicted octanol–water partition coefficient (Wildman–Crippen LogP) is 0.314. The fraction of sp³-hybridized carbons (Fsp3) is 0.900. The van der Waals surface area contributed by atoms with Gasteiger partial charge in [-0.15, -0.1) is 0 Å². The maximum atomic E-state index is 11.5. The van der Waals surface area contributed by atoms with Crippen molar-refractivity contribution in [2.45, 2.75) is 37.8 Å². The average Bonchev–Trinajstić information content (AvgIpc) is 2.59. The number of thiocarbonyl (C=S) groups is 1. The number of hydrogen-bond donors (Lipinski definition) is 1. The summed E-state index contributed by atoms with van der Waals surface area (Å²) in [6.07, 6.45) is 3.97. The van der Waals surface area contributed by atoms with E-state index in [1.165, 1.54) is 0 Å². The SMILES string of the molecule is NC(=S)C1CCCCN1C1CCS(=O)(=O)C1. The molecule has 16 heavy (non-hydrogen) atoms. The van der Waals surface area contributed by atoms with Crippen molar-refractivity contribution in [2.24, 2.45) is 5.73 Å². The number of piperidine rings is 1. The van der Waals surface area contributed by atoms with E-state index in [-0.39, 0.29) is 17.8 Å². The first-order valence-electron chi connectivity index (χ1n) is 5.75. The Balaban J connectivity index is 2.09. The first-order chi connectivity index (χ1) is 7.49. The number of rotatable bonds is 2. The molecule has 92 valence electrons. The monoisotopic (exact) mass is 262 g/mol. The highest BCUT2D eigenvalue weighted by molar-refractivity contribution is 7.91. The molecule has 0 amide bonds. The van der Waals surface area contributed by atoms with E-state index in [1.807, 2.05) is 0 Å². The van der Waals surface area contributed by atoms with E-state index in [4.69, 9.17) is 18.0 Å². The van der Waals surface area contributed by atoms with Crippen LogP contribution in [0.2, 0.25) is 0 Å². The molecule has 0 radical (unpaired) electrons. The Morgan fingerprint density at radius 2 is 2.06 bits per heavy atom. The van der Waals surface area contributed by atoms with Gasteiger partial charge in [-0.3, -0.25) is 4.90 Å². The van der Waals surface area contributed by atoms with Gasteiger partial charge in [-0.25, -0.2) is 8.42 Å². The van der Waals surface area contributed by atoms with Gasteiger partial charge in [0.25, 0.3) is 0 Å². The van der Waals surface area contributed by atoms with Gasteiger partial charge in [-0.1, -0.05) is 18.6 Å². The van der Waals surface area contributed by atoms with Gasteiger partial charge in [0.15, 0.2) is 9.84 Å². The second kappa shape index (κ2) is 4.58. The number of nitrogens with two attached hydrogens (primary N) is 1. The quantitative estimate of drug-likeness (QED) is 0.726. The van der Waals surface area contributed by atoms with Crippen LogP contribution in [-0.4, -0.2) is 48.4 Å². The molecule has 2 atom stereocenters. The third kappa shape index (κ3) is 2.55. The van der Waals surface area contributed by atoms with Crippen molar-refractivity contribution in [3.63, 3.8) is 0 Å². The van der Waals surface area contributed by atoms with Crippen LogP contribution in [0, 0.1) is 0 Å². The molecule has 4 nitrogen and oxygen atoms in total. The molecule has 2 fully saturated rings. The Hall–Kier alpha value is -0.200. The molecule has 2 unspecified atom stereocenters. The summed E-state index contributed by atoms with van der Waals surface area (Å²) in [6, 6.07) is 0.249. The lowest BCUT2D eigenvalue weighted by Gasteiger charge is -2.38. The molecule has 2 N–H and O–H groups in total. The molecule has 2 aliphatic rings. The van der Waals surface area contributed by atoms with Crippen molar-refractivity contribution in [3.8, 4) is 0 Å². The summed E-state index contributed by atoms with van der Waals surface area (Å²) in [5, 5.41) is 0. The van der Waals surface area contributed by atoms with Crippen molar-refractivity contribution < 1.29 is 8.42 Å². The minimum atomic E-state index is -2.82. The lowest BCUT2D eigenvalue weighted by Crippen LogP contribution is -2.52. The molecule has 2 aliphatic heterocycles. The zero-order valence-electron chi connectivity index (χ0n) is 9.26. The average molecular weight is 262 g/mol. The van der Waals surface area contributed by atoms with E-state index in [9.17, 15) is 8.42 Å². The van der Waals surface area contributed by atoms with Crippen molar-refractivity contribution in [1.29, 1.82) is 0 Å². The first kappa shape index (κ1) is 12.3. The number of nitrogens with zero attached hydrogens (tertiary/aromatic N) is 1. The van der Waals surface area contributed by atoms with Crippen LogP contribution >= 0.6 is 12.2 Å². The summed E-state index contributed by atoms with van der Waals surface area (Å²) in [4.78, 5) is 2.74. The van der Waals surface area contributed by atoms with Crippen LogP contribution in [0.25, 0.3) is 0 Å². The largest absolute Gasteiger partial charge is 0.392 e. The zero-order valence-corrected chi connectivity index (χ0v) is 10.9. The molecule has 0 aliphatic carbocycles. The van der Waals surface area contributed by atoms with E-state index in [2.05, 4.69) is 4.90 Å². The van der Waals surface area contributed by atoms with Crippen LogP contribution in [0.15, 0.2) is 0 Å². The Morgan fingerprint density at radius 3 is 2.62 bits per heavy atom. The number of sulfone groups is 1. The van der Waals surface area contributed by atoms with Crippen LogP contribution in [0.4, 0.5) is 0 Å². The minimum Gasteiger partial charge on any atom is -0.392 e. The summed E-state index contributed by atoms with van der Waals surface area (Å²) in [5.74, 6) is 0.602. The minimum absolute atomic E-state index is 0.113. The molecular weight excluding hydrogens is 244 g/mol. The molecule has 0 bridgehead atoms. The molecule has 6 heteroatoms. The van der Waals surface area contributed by atoms with Gasteiger partial charge in [0.2, 0.25) is 0 Å². The van der Waals surface area contributed by atoms with Gasteiger partial charge >= 0.3 is 0 Å². The highest BCUT2D eigenvalue weighted by Gasteiger charge is 2.37. The lowest BCUT2D eigenvalue weighted by atomic mass is 9.99. The van der Waals surface area contributed by atoms with Crippen molar-refractivity contribution >= 4 is 27.0 Å². The molecule has 0 aromatic carbocycles. The highest BCUT2D eigenvalue weighted by Crippen LogP contribution is 2.25. The fourth-order valence-electron chi connectivity index (χ4n) is 2.73. The molecule has 0 aromatic heterocycles. The highest BCUT2D eigenvalue weighted by atomic mass is 32.2. The van der Waals surface area contributed by atoms with Crippen molar-refractivity contribution in [3.05, 3.63) is 0 Å². The van der Waals surface area contributed by atoms with E-state index >= 15 is 0 Å². The molecular formula is C10H18N2O2S2. The van der Waals surface area contributed by atoms with E-state index < -0.39 is 9.84 Å². The Bertz CT molecular complexity index is 380. The Labute approximate surface area is 102 Å². The third-order valence-electron chi connectivity index (χ3n) is 3.55. The Morgan fingerprint density at radius 1 is 1.31 bits per heavy atom. The van der Waals surface area contributed by atoms with Gasteiger partial charge in [0, 0.05) is 6.04 Å². The van der Waals surface area contributed by atoms with Gasteiger partial charge in [-0.2, -0.15) is 0 Å². The van der Waals surface area contributed by atoms with E-state index in [0.717, 1.165) is 32.2 Å². The van der Waals surface area contributed by atoms with Crippen LogP contribution in [0.5, 0.6) is 0 Å². The first-order valence-corrected chi connectivity index (χ1v) is 7.98.